The van der Waals surface area contributed by atoms with Gasteiger partial charge in [-0.25, -0.2) is 4.98 Å². The molecule has 1 N–H and O–H groups in total. The fourth-order valence-corrected chi connectivity index (χ4v) is 3.77. The second kappa shape index (κ2) is 7.15. The second-order valence-corrected chi connectivity index (χ2v) is 6.44. The van der Waals surface area contributed by atoms with Crippen molar-refractivity contribution < 1.29 is 0 Å². The summed E-state index contributed by atoms with van der Waals surface area (Å²) in [5.41, 5.74) is 2.57. The Labute approximate surface area is 121 Å². The molecule has 0 aliphatic carbocycles. The highest BCUT2D eigenvalue weighted by atomic mass is 32.2. The highest BCUT2D eigenvalue weighted by Gasteiger charge is 2.22. The molecule has 1 aliphatic heterocycles. The third-order valence-corrected chi connectivity index (χ3v) is 4.80. The van der Waals surface area contributed by atoms with Crippen LogP contribution in [0.3, 0.4) is 0 Å². The maximum atomic E-state index is 4.68. The summed E-state index contributed by atoms with van der Waals surface area (Å²) in [4.78, 5) is 7.04. The lowest BCUT2D eigenvalue weighted by atomic mass is 10.1. The molecule has 1 unspecified atom stereocenters. The van der Waals surface area contributed by atoms with Crippen molar-refractivity contribution in [2.24, 2.45) is 0 Å². The number of hydrogen-bond donors (Lipinski definition) is 1. The molecule has 0 amide bonds. The number of rotatable bonds is 6. The minimum atomic E-state index is 0.653. The molecule has 1 atom stereocenters. The van der Waals surface area contributed by atoms with Gasteiger partial charge in [-0.2, -0.15) is 11.8 Å². The Morgan fingerprint density at radius 2 is 2.37 bits per heavy atom. The highest BCUT2D eigenvalue weighted by Crippen LogP contribution is 2.26. The number of aromatic nitrogens is 1. The van der Waals surface area contributed by atoms with Crippen LogP contribution in [0.25, 0.3) is 0 Å². The summed E-state index contributed by atoms with van der Waals surface area (Å²) < 4.78 is 0. The average Bonchev–Trinajstić information content (AvgIpc) is 2.92. The van der Waals surface area contributed by atoms with E-state index in [9.17, 15) is 0 Å². The zero-order valence-corrected chi connectivity index (χ0v) is 13.1. The Morgan fingerprint density at radius 3 is 3.00 bits per heavy atom. The van der Waals surface area contributed by atoms with E-state index < -0.39 is 0 Å². The van der Waals surface area contributed by atoms with Crippen LogP contribution in [-0.2, 0) is 6.54 Å². The van der Waals surface area contributed by atoms with Crippen LogP contribution in [0.5, 0.6) is 0 Å². The normalized spacial score (nSPS) is 18.8. The molecule has 1 fully saturated rings. The van der Waals surface area contributed by atoms with Gasteiger partial charge in [0.05, 0.1) is 0 Å². The molecule has 0 aromatic carbocycles. The number of thioether (sulfide) groups is 1. The molecule has 106 valence electrons. The molecular weight excluding hydrogens is 254 g/mol. The number of pyridine rings is 1. The predicted octanol–water partition coefficient (Wildman–Crippen LogP) is 2.83. The lowest BCUT2D eigenvalue weighted by Gasteiger charge is -2.26. The summed E-state index contributed by atoms with van der Waals surface area (Å²) in [6, 6.07) is 2.92. The monoisotopic (exact) mass is 279 g/mol. The van der Waals surface area contributed by atoms with Gasteiger partial charge in [0.1, 0.15) is 5.82 Å². The van der Waals surface area contributed by atoms with Gasteiger partial charge in [0.2, 0.25) is 0 Å². The molecular formula is C15H25N3S. The third-order valence-electron chi connectivity index (χ3n) is 3.65. The fourth-order valence-electron chi connectivity index (χ4n) is 2.50. The SMILES string of the molecule is CCCNCc1cnc(N(C)C2CCSC2)c(C)c1. The van der Waals surface area contributed by atoms with Gasteiger partial charge in [-0.3, -0.25) is 0 Å². The van der Waals surface area contributed by atoms with E-state index in [2.05, 4.69) is 42.2 Å². The van der Waals surface area contributed by atoms with E-state index in [1.54, 1.807) is 0 Å². The van der Waals surface area contributed by atoms with Crippen molar-refractivity contribution in [3.8, 4) is 0 Å². The van der Waals surface area contributed by atoms with E-state index in [1.807, 2.05) is 18.0 Å². The Hall–Kier alpha value is -0.740. The summed E-state index contributed by atoms with van der Waals surface area (Å²) in [6.07, 6.45) is 4.47. The molecule has 4 heteroatoms. The first kappa shape index (κ1) is 14.7. The third kappa shape index (κ3) is 3.86. The second-order valence-electron chi connectivity index (χ2n) is 5.29. The number of anilines is 1. The van der Waals surface area contributed by atoms with Crippen LogP contribution >= 0.6 is 11.8 Å². The maximum absolute atomic E-state index is 4.68. The zero-order chi connectivity index (χ0) is 13.7. The summed E-state index contributed by atoms with van der Waals surface area (Å²) in [7, 11) is 2.18. The van der Waals surface area contributed by atoms with Crippen LogP contribution in [0.4, 0.5) is 5.82 Å². The minimum absolute atomic E-state index is 0.653. The van der Waals surface area contributed by atoms with Gasteiger partial charge in [0, 0.05) is 31.6 Å². The Bertz CT molecular complexity index is 402. The molecule has 0 spiro atoms. The first-order valence-corrected chi connectivity index (χ1v) is 8.34. The molecule has 1 aliphatic rings. The van der Waals surface area contributed by atoms with Crippen LogP contribution in [0.15, 0.2) is 12.3 Å². The van der Waals surface area contributed by atoms with Crippen molar-refractivity contribution >= 4 is 17.6 Å². The Morgan fingerprint density at radius 1 is 1.53 bits per heavy atom. The number of nitrogens with zero attached hydrogens (tertiary/aromatic N) is 2. The van der Waals surface area contributed by atoms with Crippen LogP contribution in [0.2, 0.25) is 0 Å². The van der Waals surface area contributed by atoms with Crippen molar-refractivity contribution in [2.45, 2.75) is 39.3 Å². The van der Waals surface area contributed by atoms with Crippen LogP contribution in [0.1, 0.15) is 30.9 Å². The zero-order valence-electron chi connectivity index (χ0n) is 12.3. The quantitative estimate of drug-likeness (QED) is 0.811. The van der Waals surface area contributed by atoms with Gasteiger partial charge >= 0.3 is 0 Å². The molecule has 2 heterocycles. The molecule has 0 bridgehead atoms. The molecule has 1 aromatic rings. The van der Waals surface area contributed by atoms with E-state index in [1.165, 1.54) is 35.5 Å². The lowest BCUT2D eigenvalue weighted by molar-refractivity contribution is 0.669. The summed E-state index contributed by atoms with van der Waals surface area (Å²) in [5.74, 6) is 3.66. The summed E-state index contributed by atoms with van der Waals surface area (Å²) in [6.45, 7) is 6.35. The summed E-state index contributed by atoms with van der Waals surface area (Å²) in [5, 5.41) is 3.43. The smallest absolute Gasteiger partial charge is 0.131 e. The Balaban J connectivity index is 2.01. The average molecular weight is 279 g/mol. The van der Waals surface area contributed by atoms with Gasteiger partial charge in [0.15, 0.2) is 0 Å². The lowest BCUT2D eigenvalue weighted by Crippen LogP contribution is -2.32. The number of aryl methyl sites for hydroxylation is 1. The van der Waals surface area contributed by atoms with E-state index in [0.29, 0.717) is 6.04 Å². The van der Waals surface area contributed by atoms with Crippen LogP contribution < -0.4 is 10.2 Å². The topological polar surface area (TPSA) is 28.2 Å². The van der Waals surface area contributed by atoms with Crippen molar-refractivity contribution in [3.63, 3.8) is 0 Å². The number of nitrogens with one attached hydrogen (secondary N) is 1. The summed E-state index contributed by atoms with van der Waals surface area (Å²) >= 11 is 2.05. The van der Waals surface area contributed by atoms with Gasteiger partial charge in [-0.1, -0.05) is 6.92 Å². The molecule has 3 nitrogen and oxygen atoms in total. The van der Waals surface area contributed by atoms with Gasteiger partial charge in [-0.05, 0) is 49.3 Å². The van der Waals surface area contributed by atoms with Gasteiger partial charge in [-0.15, -0.1) is 0 Å². The molecule has 19 heavy (non-hydrogen) atoms. The van der Waals surface area contributed by atoms with Crippen LogP contribution in [-0.4, -0.2) is 36.1 Å². The Kier molecular flexibility index (Phi) is 5.52. The van der Waals surface area contributed by atoms with Crippen LogP contribution in [0, 0.1) is 6.92 Å². The van der Waals surface area contributed by atoms with Crippen molar-refractivity contribution in [3.05, 3.63) is 23.4 Å². The van der Waals surface area contributed by atoms with E-state index in [0.717, 1.165) is 18.9 Å². The first-order valence-electron chi connectivity index (χ1n) is 7.19. The highest BCUT2D eigenvalue weighted by molar-refractivity contribution is 7.99. The largest absolute Gasteiger partial charge is 0.356 e. The molecule has 0 saturated carbocycles. The fraction of sp³-hybridized carbons (Fsp3) is 0.667. The van der Waals surface area contributed by atoms with E-state index in [-0.39, 0.29) is 0 Å². The standard InChI is InChI=1S/C15H25N3S/c1-4-6-16-9-13-8-12(2)15(17-10-13)18(3)14-5-7-19-11-14/h8,10,14,16H,4-7,9,11H2,1-3H3. The molecule has 0 radical (unpaired) electrons. The van der Waals surface area contributed by atoms with Crippen molar-refractivity contribution in [2.75, 3.05) is 30.0 Å². The van der Waals surface area contributed by atoms with E-state index >= 15 is 0 Å². The molecule has 2 rings (SSSR count). The molecule has 1 saturated heterocycles. The van der Waals surface area contributed by atoms with Gasteiger partial charge in [0.25, 0.3) is 0 Å². The predicted molar refractivity (Wildman–Crippen MR) is 85.1 cm³/mol. The minimum Gasteiger partial charge on any atom is -0.356 e. The number of hydrogen-bond acceptors (Lipinski definition) is 4. The maximum Gasteiger partial charge on any atom is 0.131 e. The van der Waals surface area contributed by atoms with E-state index in [4.69, 9.17) is 0 Å². The van der Waals surface area contributed by atoms with Gasteiger partial charge < -0.3 is 10.2 Å². The van der Waals surface area contributed by atoms with Crippen molar-refractivity contribution in [1.29, 1.82) is 0 Å². The molecule has 1 aromatic heterocycles. The van der Waals surface area contributed by atoms with Crippen molar-refractivity contribution in [1.82, 2.24) is 10.3 Å². The first-order chi connectivity index (χ1) is 9.22.